The van der Waals surface area contributed by atoms with Gasteiger partial charge in [0.1, 0.15) is 11.6 Å². The molecule has 0 saturated heterocycles. The van der Waals surface area contributed by atoms with Gasteiger partial charge in [0.2, 0.25) is 5.91 Å². The second-order valence-electron chi connectivity index (χ2n) is 9.20. The molecule has 1 atom stereocenters. The first-order valence-corrected chi connectivity index (χ1v) is 12.5. The molecule has 0 bridgehead atoms. The van der Waals surface area contributed by atoms with E-state index in [1.807, 2.05) is 54.3 Å². The Hall–Kier alpha value is -3.15. The van der Waals surface area contributed by atoms with Gasteiger partial charge in [-0.25, -0.2) is 4.98 Å². The van der Waals surface area contributed by atoms with Gasteiger partial charge in [0.25, 0.3) is 5.56 Å². The average Bonchev–Trinajstić information content (AvgIpc) is 3.41. The molecule has 6 nitrogen and oxygen atoms in total. The Balaban J connectivity index is 1.88. The van der Waals surface area contributed by atoms with Crippen LogP contribution in [-0.2, 0) is 4.79 Å². The summed E-state index contributed by atoms with van der Waals surface area (Å²) in [5.74, 6) is 1.41. The predicted octanol–water partition coefficient (Wildman–Crippen LogP) is 5.66. The van der Waals surface area contributed by atoms with E-state index >= 15 is 0 Å². The van der Waals surface area contributed by atoms with Crippen LogP contribution >= 0.6 is 0 Å². The molecule has 1 amide bonds. The van der Waals surface area contributed by atoms with E-state index in [0.717, 1.165) is 44.9 Å². The molecule has 0 spiro atoms. The molecule has 0 radical (unpaired) electrons. The molecule has 2 aromatic carbocycles. The van der Waals surface area contributed by atoms with E-state index in [4.69, 9.17) is 9.72 Å². The molecule has 1 aliphatic rings. The summed E-state index contributed by atoms with van der Waals surface area (Å²) < 4.78 is 7.24. The van der Waals surface area contributed by atoms with E-state index < -0.39 is 0 Å². The molecular formula is C28H35N3O3. The van der Waals surface area contributed by atoms with E-state index in [0.29, 0.717) is 34.7 Å². The van der Waals surface area contributed by atoms with Crippen LogP contribution in [0.25, 0.3) is 16.6 Å². The summed E-state index contributed by atoms with van der Waals surface area (Å²) in [5.41, 5.74) is 1.12. The lowest BCUT2D eigenvalue weighted by molar-refractivity contribution is -0.137. The van der Waals surface area contributed by atoms with Gasteiger partial charge in [0.15, 0.2) is 0 Å². The number of rotatable bonds is 9. The summed E-state index contributed by atoms with van der Waals surface area (Å²) in [6.45, 7) is 4.83. The number of methoxy groups -OCH3 is 1. The third-order valence-electron chi connectivity index (χ3n) is 6.96. The first kappa shape index (κ1) is 24.0. The lowest BCUT2D eigenvalue weighted by atomic mass is 10.0. The van der Waals surface area contributed by atoms with Gasteiger partial charge < -0.3 is 9.64 Å². The van der Waals surface area contributed by atoms with Crippen molar-refractivity contribution in [1.29, 1.82) is 0 Å². The number of para-hydroxylation sites is 3. The van der Waals surface area contributed by atoms with Crippen LogP contribution < -0.4 is 10.3 Å². The molecule has 180 valence electrons. The Morgan fingerprint density at radius 3 is 2.56 bits per heavy atom. The van der Waals surface area contributed by atoms with Crippen molar-refractivity contribution < 1.29 is 9.53 Å². The lowest BCUT2D eigenvalue weighted by Crippen LogP contribution is -2.40. The molecule has 1 aromatic heterocycles. The number of carbonyl (C=O) groups excluding carboxylic acids is 1. The van der Waals surface area contributed by atoms with Gasteiger partial charge in [-0.3, -0.25) is 14.2 Å². The zero-order valence-corrected chi connectivity index (χ0v) is 20.5. The number of amides is 1. The normalized spacial score (nSPS) is 14.9. The van der Waals surface area contributed by atoms with Crippen LogP contribution in [0.15, 0.2) is 53.3 Å². The summed E-state index contributed by atoms with van der Waals surface area (Å²) in [7, 11) is 1.60. The molecule has 1 aliphatic carbocycles. The van der Waals surface area contributed by atoms with Crippen LogP contribution in [0.3, 0.4) is 0 Å². The third kappa shape index (κ3) is 4.72. The number of fused-ring (bicyclic) bond motifs is 1. The van der Waals surface area contributed by atoms with Gasteiger partial charge in [-0.2, -0.15) is 0 Å². The second-order valence-corrected chi connectivity index (χ2v) is 9.20. The summed E-state index contributed by atoms with van der Waals surface area (Å²) in [4.78, 5) is 34.4. The first-order valence-electron chi connectivity index (χ1n) is 12.5. The number of carbonyl (C=O) groups is 1. The highest BCUT2D eigenvalue weighted by Gasteiger charge is 2.32. The molecule has 1 fully saturated rings. The number of aromatic nitrogens is 2. The minimum Gasteiger partial charge on any atom is -0.495 e. The summed E-state index contributed by atoms with van der Waals surface area (Å²) in [6.07, 6.45) is 7.18. The summed E-state index contributed by atoms with van der Waals surface area (Å²) >= 11 is 0. The minimum atomic E-state index is -0.354. The molecule has 34 heavy (non-hydrogen) atoms. The number of ether oxygens (including phenoxy) is 1. The minimum absolute atomic E-state index is 0.0657. The third-order valence-corrected chi connectivity index (χ3v) is 6.96. The Labute approximate surface area is 201 Å². The molecule has 1 heterocycles. The second kappa shape index (κ2) is 10.9. The van der Waals surface area contributed by atoms with Crippen molar-refractivity contribution in [3.8, 4) is 11.4 Å². The van der Waals surface area contributed by atoms with Gasteiger partial charge in [-0.15, -0.1) is 0 Å². The van der Waals surface area contributed by atoms with Crippen LogP contribution in [0.5, 0.6) is 5.75 Å². The molecular weight excluding hydrogens is 426 g/mol. The predicted molar refractivity (Wildman–Crippen MR) is 136 cm³/mol. The molecule has 3 aromatic rings. The highest BCUT2D eigenvalue weighted by Crippen LogP contribution is 2.32. The molecule has 1 unspecified atom stereocenters. The highest BCUT2D eigenvalue weighted by atomic mass is 16.5. The van der Waals surface area contributed by atoms with E-state index in [9.17, 15) is 9.59 Å². The van der Waals surface area contributed by atoms with E-state index in [1.165, 1.54) is 0 Å². The summed E-state index contributed by atoms with van der Waals surface area (Å²) in [5, 5.41) is 0.545. The SMILES string of the molecule is CCCCCN(C(=O)C1CCCC1)C(C)c1nc2ccccc2c(=O)n1-c1ccccc1OC. The standard InChI is InChI=1S/C28H35N3O3/c1-4-5-12-19-30(27(32)21-13-6-7-14-21)20(2)26-29-23-16-9-8-15-22(23)28(33)31(26)24-17-10-11-18-25(24)34-3/h8-11,15-18,20-21H,4-7,12-14,19H2,1-3H3. The van der Waals surface area contributed by atoms with E-state index in [1.54, 1.807) is 17.7 Å². The van der Waals surface area contributed by atoms with Crippen molar-refractivity contribution in [2.45, 2.75) is 64.8 Å². The highest BCUT2D eigenvalue weighted by molar-refractivity contribution is 5.80. The van der Waals surface area contributed by atoms with Gasteiger partial charge in [-0.05, 0) is 50.5 Å². The van der Waals surface area contributed by atoms with Crippen molar-refractivity contribution in [3.05, 3.63) is 64.7 Å². The zero-order valence-electron chi connectivity index (χ0n) is 20.5. The van der Waals surface area contributed by atoms with Crippen molar-refractivity contribution >= 4 is 16.8 Å². The smallest absolute Gasteiger partial charge is 0.266 e. The molecule has 4 rings (SSSR count). The maximum absolute atomic E-state index is 13.8. The topological polar surface area (TPSA) is 64.4 Å². The molecule has 0 aliphatic heterocycles. The fourth-order valence-corrected chi connectivity index (χ4v) is 5.05. The maximum atomic E-state index is 13.8. The van der Waals surface area contributed by atoms with Crippen molar-refractivity contribution in [2.24, 2.45) is 5.92 Å². The van der Waals surface area contributed by atoms with E-state index in [-0.39, 0.29) is 23.4 Å². The Morgan fingerprint density at radius 1 is 1.12 bits per heavy atom. The van der Waals surface area contributed by atoms with E-state index in [2.05, 4.69) is 6.92 Å². The Kier molecular flexibility index (Phi) is 7.66. The molecule has 0 N–H and O–H groups in total. The van der Waals surface area contributed by atoms with Gasteiger partial charge in [0, 0.05) is 12.5 Å². The van der Waals surface area contributed by atoms with Crippen LogP contribution in [0.4, 0.5) is 0 Å². The summed E-state index contributed by atoms with van der Waals surface area (Å²) in [6, 6.07) is 14.5. The van der Waals surface area contributed by atoms with Crippen molar-refractivity contribution in [3.63, 3.8) is 0 Å². The number of nitrogens with zero attached hydrogens (tertiary/aromatic N) is 3. The fraction of sp³-hybridized carbons (Fsp3) is 0.464. The number of hydrogen-bond donors (Lipinski definition) is 0. The monoisotopic (exact) mass is 461 g/mol. The molecule has 6 heteroatoms. The Bertz CT molecular complexity index is 1200. The zero-order chi connectivity index (χ0) is 24.1. The van der Waals surface area contributed by atoms with Gasteiger partial charge in [-0.1, -0.05) is 56.9 Å². The Morgan fingerprint density at radius 2 is 1.82 bits per heavy atom. The lowest BCUT2D eigenvalue weighted by Gasteiger charge is -2.32. The van der Waals surface area contributed by atoms with Crippen LogP contribution in [0.1, 0.15) is 70.7 Å². The van der Waals surface area contributed by atoms with Gasteiger partial charge in [0.05, 0.1) is 29.7 Å². The quantitative estimate of drug-likeness (QED) is 0.386. The van der Waals surface area contributed by atoms with Crippen molar-refractivity contribution in [2.75, 3.05) is 13.7 Å². The molecule has 1 saturated carbocycles. The first-order chi connectivity index (χ1) is 16.6. The van der Waals surface area contributed by atoms with Crippen LogP contribution in [0.2, 0.25) is 0 Å². The van der Waals surface area contributed by atoms with Crippen LogP contribution in [-0.4, -0.2) is 34.0 Å². The van der Waals surface area contributed by atoms with Crippen molar-refractivity contribution in [1.82, 2.24) is 14.5 Å². The number of hydrogen-bond acceptors (Lipinski definition) is 4. The average molecular weight is 462 g/mol. The largest absolute Gasteiger partial charge is 0.495 e. The number of unbranched alkanes of at least 4 members (excludes halogenated alkanes) is 2. The fourth-order valence-electron chi connectivity index (χ4n) is 5.05. The van der Waals surface area contributed by atoms with Gasteiger partial charge >= 0.3 is 0 Å². The number of benzene rings is 2. The maximum Gasteiger partial charge on any atom is 0.266 e. The van der Waals surface area contributed by atoms with Crippen LogP contribution in [0, 0.1) is 5.92 Å².